The number of amides is 1. The lowest BCUT2D eigenvalue weighted by atomic mass is 9.94. The first-order valence-electron chi connectivity index (χ1n) is 6.79. The van der Waals surface area contributed by atoms with Crippen molar-refractivity contribution in [2.45, 2.75) is 48.3 Å². The van der Waals surface area contributed by atoms with E-state index >= 15 is 0 Å². The molecule has 0 bridgehead atoms. The number of thiol groups is 1. The van der Waals surface area contributed by atoms with E-state index in [2.05, 4.69) is 24.2 Å². The Morgan fingerprint density at radius 3 is 2.68 bits per heavy atom. The lowest BCUT2D eigenvalue weighted by Crippen LogP contribution is -2.44. The monoisotopic (exact) mass is 295 g/mol. The van der Waals surface area contributed by atoms with Crippen LogP contribution in [0.4, 0.5) is 0 Å². The van der Waals surface area contributed by atoms with Gasteiger partial charge in [-0.2, -0.15) is 11.8 Å². The van der Waals surface area contributed by atoms with Gasteiger partial charge in [0.2, 0.25) is 5.91 Å². The van der Waals surface area contributed by atoms with Crippen molar-refractivity contribution in [1.29, 1.82) is 0 Å². The van der Waals surface area contributed by atoms with Crippen molar-refractivity contribution in [3.8, 4) is 0 Å². The smallest absolute Gasteiger partial charge is 0.224 e. The predicted octanol–water partition coefficient (Wildman–Crippen LogP) is 3.31. The van der Waals surface area contributed by atoms with Crippen LogP contribution < -0.4 is 5.32 Å². The van der Waals surface area contributed by atoms with Crippen molar-refractivity contribution in [2.24, 2.45) is 0 Å². The van der Waals surface area contributed by atoms with Gasteiger partial charge in [-0.05, 0) is 36.8 Å². The van der Waals surface area contributed by atoms with E-state index < -0.39 is 0 Å². The van der Waals surface area contributed by atoms with Crippen LogP contribution in [0.1, 0.15) is 31.2 Å². The van der Waals surface area contributed by atoms with Crippen LogP contribution in [0, 0.1) is 0 Å². The Kier molecular flexibility index (Phi) is 5.64. The van der Waals surface area contributed by atoms with Gasteiger partial charge in [0.15, 0.2) is 0 Å². The van der Waals surface area contributed by atoms with Crippen LogP contribution in [-0.4, -0.2) is 23.5 Å². The Balaban J connectivity index is 1.88. The van der Waals surface area contributed by atoms with E-state index in [1.807, 2.05) is 36.0 Å². The Morgan fingerprint density at radius 1 is 1.32 bits per heavy atom. The molecule has 1 N–H and O–H groups in total. The molecule has 2 rings (SSSR count). The summed E-state index contributed by atoms with van der Waals surface area (Å²) in [6.07, 6.45) is 7.47. The second-order valence-electron chi connectivity index (χ2n) is 5.08. The molecular weight excluding hydrogens is 274 g/mol. The number of hydrogen-bond donors (Lipinski definition) is 2. The first kappa shape index (κ1) is 14.8. The van der Waals surface area contributed by atoms with Gasteiger partial charge in [0.05, 0.1) is 6.42 Å². The summed E-state index contributed by atoms with van der Waals surface area (Å²) in [5.41, 5.74) is 1.05. The minimum atomic E-state index is 0.137. The van der Waals surface area contributed by atoms with E-state index in [-0.39, 0.29) is 5.91 Å². The van der Waals surface area contributed by atoms with E-state index in [0.29, 0.717) is 17.7 Å². The van der Waals surface area contributed by atoms with Crippen LogP contribution in [0.5, 0.6) is 0 Å². The molecule has 1 aromatic carbocycles. The number of carbonyl (C=O) groups is 1. The van der Waals surface area contributed by atoms with Crippen LogP contribution in [0.3, 0.4) is 0 Å². The summed E-state index contributed by atoms with van der Waals surface area (Å²) in [5, 5.41) is 3.79. The Morgan fingerprint density at radius 2 is 2.00 bits per heavy atom. The summed E-state index contributed by atoms with van der Waals surface area (Å²) in [6.45, 7) is 0. The van der Waals surface area contributed by atoms with E-state index in [4.69, 9.17) is 0 Å². The zero-order chi connectivity index (χ0) is 13.7. The third kappa shape index (κ3) is 4.46. The summed E-state index contributed by atoms with van der Waals surface area (Å²) in [5.74, 6) is 0.137. The summed E-state index contributed by atoms with van der Waals surface area (Å²) in [7, 11) is 0. The second-order valence-corrected chi connectivity index (χ2v) is 6.67. The zero-order valence-electron chi connectivity index (χ0n) is 11.3. The Hall–Kier alpha value is -0.610. The molecule has 1 aliphatic rings. The highest BCUT2D eigenvalue weighted by Crippen LogP contribution is 2.27. The standard InChI is InChI=1S/C15H21NOS2/c1-19-14-5-3-2-4-13(14)16-15(17)10-11-6-8-12(18)9-7-11/h6-9,13-14,18H,2-5,10H2,1H3,(H,16,17). The highest BCUT2D eigenvalue weighted by Gasteiger charge is 2.25. The minimum absolute atomic E-state index is 0.137. The normalized spacial score (nSPS) is 23.1. The zero-order valence-corrected chi connectivity index (χ0v) is 13.0. The summed E-state index contributed by atoms with van der Waals surface area (Å²) in [4.78, 5) is 13.0. The van der Waals surface area contributed by atoms with Crippen molar-refractivity contribution in [3.63, 3.8) is 0 Å². The van der Waals surface area contributed by atoms with Crippen molar-refractivity contribution >= 4 is 30.3 Å². The van der Waals surface area contributed by atoms with E-state index in [0.717, 1.165) is 16.9 Å². The van der Waals surface area contributed by atoms with Gasteiger partial charge in [0, 0.05) is 16.2 Å². The molecule has 104 valence electrons. The number of carbonyl (C=O) groups excluding carboxylic acids is 1. The van der Waals surface area contributed by atoms with E-state index in [9.17, 15) is 4.79 Å². The lowest BCUT2D eigenvalue weighted by molar-refractivity contribution is -0.121. The molecule has 0 aliphatic heterocycles. The maximum absolute atomic E-state index is 12.1. The largest absolute Gasteiger partial charge is 0.352 e. The minimum Gasteiger partial charge on any atom is -0.352 e. The van der Waals surface area contributed by atoms with Crippen LogP contribution in [0.15, 0.2) is 29.2 Å². The molecule has 0 saturated heterocycles. The molecule has 19 heavy (non-hydrogen) atoms. The van der Waals surface area contributed by atoms with Crippen molar-refractivity contribution in [3.05, 3.63) is 29.8 Å². The molecule has 1 saturated carbocycles. The fourth-order valence-corrected chi connectivity index (χ4v) is 3.69. The van der Waals surface area contributed by atoms with Crippen molar-refractivity contribution in [1.82, 2.24) is 5.32 Å². The first-order chi connectivity index (χ1) is 9.19. The molecule has 4 heteroatoms. The summed E-state index contributed by atoms with van der Waals surface area (Å²) < 4.78 is 0. The third-order valence-electron chi connectivity index (χ3n) is 3.65. The van der Waals surface area contributed by atoms with E-state index in [1.54, 1.807) is 0 Å². The number of nitrogens with one attached hydrogen (secondary N) is 1. The van der Waals surface area contributed by atoms with Gasteiger partial charge in [-0.3, -0.25) is 4.79 Å². The van der Waals surface area contributed by atoms with Gasteiger partial charge >= 0.3 is 0 Å². The van der Waals surface area contributed by atoms with Gasteiger partial charge in [0.25, 0.3) is 0 Å². The Bertz CT molecular complexity index is 419. The third-order valence-corrected chi connectivity index (χ3v) is 5.12. The van der Waals surface area contributed by atoms with Gasteiger partial charge in [-0.25, -0.2) is 0 Å². The Labute approximate surface area is 125 Å². The molecule has 1 aromatic rings. The SMILES string of the molecule is CSC1CCCCC1NC(=O)Cc1ccc(S)cc1. The molecule has 0 heterocycles. The first-order valence-corrected chi connectivity index (χ1v) is 8.52. The maximum atomic E-state index is 12.1. The van der Waals surface area contributed by atoms with E-state index in [1.165, 1.54) is 19.3 Å². The highest BCUT2D eigenvalue weighted by atomic mass is 32.2. The van der Waals surface area contributed by atoms with Crippen LogP contribution in [-0.2, 0) is 11.2 Å². The molecule has 2 unspecified atom stereocenters. The second kappa shape index (κ2) is 7.25. The number of rotatable bonds is 4. The van der Waals surface area contributed by atoms with Gasteiger partial charge in [-0.1, -0.05) is 25.0 Å². The van der Waals surface area contributed by atoms with Crippen LogP contribution >= 0.6 is 24.4 Å². The average molecular weight is 295 g/mol. The molecule has 0 radical (unpaired) electrons. The predicted molar refractivity (Wildman–Crippen MR) is 85.1 cm³/mol. The topological polar surface area (TPSA) is 29.1 Å². The molecule has 1 fully saturated rings. The average Bonchev–Trinajstić information content (AvgIpc) is 2.42. The quantitative estimate of drug-likeness (QED) is 0.835. The van der Waals surface area contributed by atoms with Gasteiger partial charge < -0.3 is 5.32 Å². The highest BCUT2D eigenvalue weighted by molar-refractivity contribution is 7.99. The molecule has 2 nitrogen and oxygen atoms in total. The van der Waals surface area contributed by atoms with Crippen LogP contribution in [0.2, 0.25) is 0 Å². The fraction of sp³-hybridized carbons (Fsp3) is 0.533. The molecule has 0 aromatic heterocycles. The summed E-state index contributed by atoms with van der Waals surface area (Å²) >= 11 is 6.13. The van der Waals surface area contributed by atoms with Crippen molar-refractivity contribution in [2.75, 3.05) is 6.26 Å². The lowest BCUT2D eigenvalue weighted by Gasteiger charge is -2.31. The number of hydrogen-bond acceptors (Lipinski definition) is 3. The number of thioether (sulfide) groups is 1. The fourth-order valence-electron chi connectivity index (χ4n) is 2.60. The molecule has 0 spiro atoms. The maximum Gasteiger partial charge on any atom is 0.224 e. The summed E-state index contributed by atoms with van der Waals surface area (Å²) in [6, 6.07) is 8.14. The molecule has 1 amide bonds. The molecular formula is C15H21NOS2. The number of benzene rings is 1. The molecule has 1 aliphatic carbocycles. The van der Waals surface area contributed by atoms with Crippen molar-refractivity contribution < 1.29 is 4.79 Å². The van der Waals surface area contributed by atoms with Gasteiger partial charge in [-0.15, -0.1) is 12.6 Å². The van der Waals surface area contributed by atoms with Crippen LogP contribution in [0.25, 0.3) is 0 Å². The molecule has 2 atom stereocenters. The van der Waals surface area contributed by atoms with Gasteiger partial charge in [0.1, 0.15) is 0 Å².